The zero-order valence-corrected chi connectivity index (χ0v) is 13.2. The normalized spacial score (nSPS) is 10.0. The molecule has 1 heterocycles. The molecule has 0 aliphatic rings. The molecule has 0 saturated heterocycles. The summed E-state index contributed by atoms with van der Waals surface area (Å²) in [6.45, 7) is 6.31. The van der Waals surface area contributed by atoms with E-state index >= 15 is 0 Å². The molecule has 4 nitrogen and oxygen atoms in total. The van der Waals surface area contributed by atoms with Crippen LogP contribution < -0.4 is 10.1 Å². The smallest absolute Gasteiger partial charge is 0.250 e. The fourth-order valence-corrected chi connectivity index (χ4v) is 2.53. The predicted molar refractivity (Wildman–Crippen MR) is 86.8 cm³/mol. The van der Waals surface area contributed by atoms with E-state index in [9.17, 15) is 4.79 Å². The van der Waals surface area contributed by atoms with Gasteiger partial charge in [0.25, 0.3) is 0 Å². The number of carbonyl (C=O) groups is 1. The molecule has 0 aliphatic heterocycles. The summed E-state index contributed by atoms with van der Waals surface area (Å²) in [5, 5.41) is 5.26. The van der Waals surface area contributed by atoms with Crippen LogP contribution >= 0.6 is 11.3 Å². The summed E-state index contributed by atoms with van der Waals surface area (Å²) in [5.41, 5.74) is 2.68. The highest BCUT2D eigenvalue weighted by atomic mass is 32.1. The Kier molecular flexibility index (Phi) is 5.11. The molecule has 1 N–H and O–H groups in total. The van der Waals surface area contributed by atoms with Crippen molar-refractivity contribution in [3.8, 4) is 17.0 Å². The number of nitrogens with one attached hydrogen (secondary N) is 1. The summed E-state index contributed by atoms with van der Waals surface area (Å²) >= 11 is 1.40. The highest BCUT2D eigenvalue weighted by Gasteiger charge is 2.10. The first-order valence-corrected chi connectivity index (χ1v) is 7.61. The first-order valence-electron chi connectivity index (χ1n) is 6.73. The van der Waals surface area contributed by atoms with Gasteiger partial charge in [-0.1, -0.05) is 17.7 Å². The number of carbonyl (C=O) groups excluding carboxylic acids is 1. The minimum atomic E-state index is -0.158. The van der Waals surface area contributed by atoms with Crippen molar-refractivity contribution in [3.63, 3.8) is 0 Å². The van der Waals surface area contributed by atoms with Gasteiger partial charge in [-0.3, -0.25) is 10.1 Å². The van der Waals surface area contributed by atoms with E-state index < -0.39 is 0 Å². The zero-order valence-electron chi connectivity index (χ0n) is 12.3. The summed E-state index contributed by atoms with van der Waals surface area (Å²) in [5.74, 6) is 0.640. The van der Waals surface area contributed by atoms with Crippen LogP contribution in [-0.2, 0) is 4.79 Å². The summed E-state index contributed by atoms with van der Waals surface area (Å²) in [7, 11) is 0. The van der Waals surface area contributed by atoms with Crippen molar-refractivity contribution < 1.29 is 9.53 Å². The van der Waals surface area contributed by atoms with Gasteiger partial charge in [0.2, 0.25) is 5.91 Å². The van der Waals surface area contributed by atoms with Crippen molar-refractivity contribution >= 4 is 22.4 Å². The third kappa shape index (κ3) is 4.16. The van der Waals surface area contributed by atoms with E-state index in [1.54, 1.807) is 6.08 Å². The number of allylic oxidation sites excluding steroid dienone is 1. The van der Waals surface area contributed by atoms with Crippen molar-refractivity contribution in [3.05, 3.63) is 41.3 Å². The molecule has 0 radical (unpaired) electrons. The Morgan fingerprint density at radius 3 is 2.86 bits per heavy atom. The highest BCUT2D eigenvalue weighted by molar-refractivity contribution is 7.14. The Morgan fingerprint density at radius 2 is 2.14 bits per heavy atom. The quantitative estimate of drug-likeness (QED) is 0.845. The second-order valence-corrected chi connectivity index (χ2v) is 5.54. The van der Waals surface area contributed by atoms with E-state index in [4.69, 9.17) is 4.74 Å². The van der Waals surface area contributed by atoms with Gasteiger partial charge in [0.15, 0.2) is 5.13 Å². The Bertz CT molecular complexity index is 658. The SMILES string of the molecule is CCOc1ccccc1-c1csc(NC(=O)C=C(C)C)n1. The standard InChI is InChI=1S/C16H18N2O2S/c1-4-20-14-8-6-5-7-12(14)13-10-21-16(17-13)18-15(19)9-11(2)3/h5-10H,4H2,1-3H3,(H,17,18,19). The van der Waals surface area contributed by atoms with Crippen molar-refractivity contribution in [1.82, 2.24) is 4.98 Å². The van der Waals surface area contributed by atoms with Crippen LogP contribution in [0.15, 0.2) is 41.3 Å². The lowest BCUT2D eigenvalue weighted by Crippen LogP contribution is -2.08. The van der Waals surface area contributed by atoms with Crippen LogP contribution in [0.5, 0.6) is 5.75 Å². The lowest BCUT2D eigenvalue weighted by molar-refractivity contribution is -0.111. The molecular weight excluding hydrogens is 284 g/mol. The van der Waals surface area contributed by atoms with E-state index in [0.717, 1.165) is 22.6 Å². The number of amides is 1. The Labute approximate surface area is 128 Å². The van der Waals surface area contributed by atoms with Crippen LogP contribution in [0, 0.1) is 0 Å². The van der Waals surface area contributed by atoms with Gasteiger partial charge in [0.05, 0.1) is 12.3 Å². The number of benzene rings is 1. The van der Waals surface area contributed by atoms with Gasteiger partial charge < -0.3 is 4.74 Å². The summed E-state index contributed by atoms with van der Waals surface area (Å²) in [6.07, 6.45) is 1.55. The zero-order chi connectivity index (χ0) is 15.2. The highest BCUT2D eigenvalue weighted by Crippen LogP contribution is 2.32. The third-order valence-electron chi connectivity index (χ3n) is 2.62. The van der Waals surface area contributed by atoms with Crippen LogP contribution in [0.4, 0.5) is 5.13 Å². The number of hydrogen-bond acceptors (Lipinski definition) is 4. The molecule has 0 fully saturated rings. The maximum absolute atomic E-state index is 11.7. The molecule has 0 aliphatic carbocycles. The van der Waals surface area contributed by atoms with Gasteiger partial charge in [0.1, 0.15) is 5.75 Å². The van der Waals surface area contributed by atoms with Crippen LogP contribution in [0.2, 0.25) is 0 Å². The first-order chi connectivity index (χ1) is 10.1. The van der Waals surface area contributed by atoms with Crippen LogP contribution in [0.1, 0.15) is 20.8 Å². The molecule has 0 atom stereocenters. The molecule has 2 rings (SSSR count). The van der Waals surface area contributed by atoms with Gasteiger partial charge in [-0.05, 0) is 32.9 Å². The Hall–Kier alpha value is -2.14. The van der Waals surface area contributed by atoms with E-state index in [-0.39, 0.29) is 5.91 Å². The fraction of sp³-hybridized carbons (Fsp3) is 0.250. The van der Waals surface area contributed by atoms with E-state index in [0.29, 0.717) is 11.7 Å². The third-order valence-corrected chi connectivity index (χ3v) is 3.37. The van der Waals surface area contributed by atoms with Crippen LogP contribution in [0.25, 0.3) is 11.3 Å². The van der Waals surface area contributed by atoms with Gasteiger partial charge in [0, 0.05) is 17.0 Å². The molecule has 1 aromatic carbocycles. The number of rotatable bonds is 5. The summed E-state index contributed by atoms with van der Waals surface area (Å²) in [6, 6.07) is 7.75. The molecule has 110 valence electrons. The molecule has 0 saturated carbocycles. The predicted octanol–water partition coefficient (Wildman–Crippen LogP) is 4.11. The lowest BCUT2D eigenvalue weighted by atomic mass is 10.1. The van der Waals surface area contributed by atoms with Crippen molar-refractivity contribution in [2.75, 3.05) is 11.9 Å². The monoisotopic (exact) mass is 302 g/mol. The van der Waals surface area contributed by atoms with Gasteiger partial charge in [-0.15, -0.1) is 11.3 Å². The minimum Gasteiger partial charge on any atom is -0.493 e. The average molecular weight is 302 g/mol. The molecule has 21 heavy (non-hydrogen) atoms. The van der Waals surface area contributed by atoms with Gasteiger partial charge in [-0.25, -0.2) is 4.98 Å². The molecule has 2 aromatic rings. The average Bonchev–Trinajstić information content (AvgIpc) is 2.87. The van der Waals surface area contributed by atoms with Crippen molar-refractivity contribution in [2.45, 2.75) is 20.8 Å². The van der Waals surface area contributed by atoms with Crippen LogP contribution in [-0.4, -0.2) is 17.5 Å². The maximum Gasteiger partial charge on any atom is 0.250 e. The van der Waals surface area contributed by atoms with Gasteiger partial charge in [-0.2, -0.15) is 0 Å². The minimum absolute atomic E-state index is 0.158. The molecule has 0 bridgehead atoms. The van der Waals surface area contributed by atoms with Crippen LogP contribution in [0.3, 0.4) is 0 Å². The molecule has 0 spiro atoms. The fourth-order valence-electron chi connectivity index (χ4n) is 1.82. The Balaban J connectivity index is 2.20. The molecule has 5 heteroatoms. The van der Waals surface area contributed by atoms with E-state index in [1.165, 1.54) is 11.3 Å². The number of nitrogens with zero attached hydrogens (tertiary/aromatic N) is 1. The molecule has 0 unspecified atom stereocenters. The summed E-state index contributed by atoms with van der Waals surface area (Å²) in [4.78, 5) is 16.1. The van der Waals surface area contributed by atoms with Gasteiger partial charge >= 0.3 is 0 Å². The Morgan fingerprint density at radius 1 is 1.38 bits per heavy atom. The number of aromatic nitrogens is 1. The molecule has 1 aromatic heterocycles. The largest absolute Gasteiger partial charge is 0.493 e. The second-order valence-electron chi connectivity index (χ2n) is 4.68. The number of anilines is 1. The number of para-hydroxylation sites is 1. The summed E-state index contributed by atoms with van der Waals surface area (Å²) < 4.78 is 5.60. The first kappa shape index (κ1) is 15.3. The van der Waals surface area contributed by atoms with E-state index in [1.807, 2.05) is 50.4 Å². The lowest BCUT2D eigenvalue weighted by Gasteiger charge is -2.07. The topological polar surface area (TPSA) is 51.2 Å². The second kappa shape index (κ2) is 7.04. The molecule has 1 amide bonds. The molecular formula is C16H18N2O2S. The van der Waals surface area contributed by atoms with Crippen molar-refractivity contribution in [2.24, 2.45) is 0 Å². The number of thiazole rings is 1. The number of hydrogen-bond donors (Lipinski definition) is 1. The van der Waals surface area contributed by atoms with Crippen molar-refractivity contribution in [1.29, 1.82) is 0 Å². The van der Waals surface area contributed by atoms with E-state index in [2.05, 4.69) is 10.3 Å². The number of ether oxygens (including phenoxy) is 1. The maximum atomic E-state index is 11.7.